The van der Waals surface area contributed by atoms with Gasteiger partial charge < -0.3 is 42.9 Å². The van der Waals surface area contributed by atoms with Crippen molar-refractivity contribution >= 4 is 29.6 Å². The SMILES string of the molecule is C#CCO/N=C1\[C@H](C)C[C@@](C)(OC)[C@H](O[C@@H]2O[C@H](C)C[C@H](N(C)C)[C@H]2OC(C)=O)[C@@H](C)C(=O)[C@@H](C)C(=O)O[C@H](CC)[C@@]2(C)OC(=O)O[C@@H]2[C@H]1C. The van der Waals surface area contributed by atoms with Crippen molar-refractivity contribution in [3.63, 3.8) is 0 Å². The first-order chi connectivity index (χ1) is 23.3. The monoisotopic (exact) mass is 708 g/mol. The van der Waals surface area contributed by atoms with Gasteiger partial charge in [-0.1, -0.05) is 38.8 Å². The second kappa shape index (κ2) is 16.8. The molecule has 0 radical (unpaired) electrons. The molecule has 0 aromatic rings. The minimum atomic E-state index is -1.42. The van der Waals surface area contributed by atoms with Crippen molar-refractivity contribution in [2.45, 2.75) is 136 Å². The lowest BCUT2D eigenvalue weighted by atomic mass is 9.74. The average molecular weight is 709 g/mol. The molecule has 282 valence electrons. The van der Waals surface area contributed by atoms with E-state index in [1.807, 2.05) is 39.8 Å². The maximum absolute atomic E-state index is 14.3. The van der Waals surface area contributed by atoms with E-state index in [1.165, 1.54) is 21.0 Å². The number of carbonyl (C=O) groups is 4. The van der Waals surface area contributed by atoms with Gasteiger partial charge in [0.05, 0.1) is 29.6 Å². The fourth-order valence-electron chi connectivity index (χ4n) is 7.68. The number of hydrogen-bond donors (Lipinski definition) is 0. The van der Waals surface area contributed by atoms with Crippen molar-refractivity contribution in [3.8, 4) is 12.3 Å². The lowest BCUT2D eigenvalue weighted by Gasteiger charge is -2.47. The Bertz CT molecular complexity index is 1310. The first-order valence-corrected chi connectivity index (χ1v) is 17.3. The standard InChI is InChI=1S/C36H56N2O12/c1-14-16-44-37-27-19(3)18-35(9,43-13)30(48-33-29(46-24(8)39)25(38(11)12)17-20(4)45-33)22(6)28(40)23(7)32(41)47-26(15-2)36(10)31(21(27)5)49-34(42)50-36/h1,19-23,25-26,29-31,33H,15-18H2,2-13H3/b37-27+/t19-,20-,21+,22+,23-,25+,26-,29-,30-,31-,33+,35-,36-/m1/s1. The van der Waals surface area contributed by atoms with E-state index in [9.17, 15) is 19.2 Å². The molecule has 0 bridgehead atoms. The number of ketones is 1. The maximum atomic E-state index is 14.3. The molecule has 0 aromatic carbocycles. The Morgan fingerprint density at radius 3 is 2.30 bits per heavy atom. The Kier molecular flexibility index (Phi) is 13.9. The lowest BCUT2D eigenvalue weighted by Crippen LogP contribution is -2.60. The molecule has 3 heterocycles. The largest absolute Gasteiger partial charge is 0.509 e. The van der Waals surface area contributed by atoms with E-state index in [4.69, 9.17) is 44.4 Å². The van der Waals surface area contributed by atoms with E-state index >= 15 is 0 Å². The second-order valence-corrected chi connectivity index (χ2v) is 14.4. The van der Waals surface area contributed by atoms with Crippen LogP contribution in [0.25, 0.3) is 0 Å². The first-order valence-electron chi connectivity index (χ1n) is 17.3. The number of carbonyl (C=O) groups excluding carboxylic acids is 4. The molecule has 0 aliphatic carbocycles. The molecular formula is C36H56N2O12. The average Bonchev–Trinajstić information content (AvgIpc) is 3.37. The van der Waals surface area contributed by atoms with Gasteiger partial charge in [0.25, 0.3) is 0 Å². The van der Waals surface area contributed by atoms with Crippen LogP contribution in [-0.2, 0) is 52.4 Å². The van der Waals surface area contributed by atoms with Crippen molar-refractivity contribution in [2.24, 2.45) is 28.8 Å². The third-order valence-electron chi connectivity index (χ3n) is 10.4. The van der Waals surface area contributed by atoms with Gasteiger partial charge in [0.2, 0.25) is 0 Å². The molecule has 3 aliphatic heterocycles. The van der Waals surface area contributed by atoms with Gasteiger partial charge in [0, 0.05) is 31.8 Å². The Labute approximate surface area is 296 Å². The minimum Gasteiger partial charge on any atom is -0.457 e. The number of nitrogens with zero attached hydrogens (tertiary/aromatic N) is 2. The fourth-order valence-corrected chi connectivity index (χ4v) is 7.68. The van der Waals surface area contributed by atoms with Crippen molar-refractivity contribution < 1.29 is 57.2 Å². The molecule has 0 amide bonds. The summed E-state index contributed by atoms with van der Waals surface area (Å²) in [7, 11) is 5.26. The number of ether oxygens (including phenoxy) is 7. The van der Waals surface area contributed by atoms with Gasteiger partial charge in [0.15, 0.2) is 36.5 Å². The summed E-state index contributed by atoms with van der Waals surface area (Å²) in [6.45, 7) is 15.2. The summed E-state index contributed by atoms with van der Waals surface area (Å²) < 4.78 is 42.5. The summed E-state index contributed by atoms with van der Waals surface area (Å²) in [5.74, 6) is -2.65. The zero-order valence-corrected chi connectivity index (χ0v) is 31.6. The molecule has 3 fully saturated rings. The zero-order valence-electron chi connectivity index (χ0n) is 31.6. The first kappa shape index (κ1) is 41.2. The van der Waals surface area contributed by atoms with Crippen LogP contribution in [0.1, 0.15) is 81.6 Å². The van der Waals surface area contributed by atoms with Gasteiger partial charge in [-0.3, -0.25) is 14.4 Å². The Hall–Kier alpha value is -3.25. The molecule has 3 rings (SSSR count). The highest BCUT2D eigenvalue weighted by atomic mass is 16.8. The quantitative estimate of drug-likeness (QED) is 0.0894. The number of likely N-dealkylation sites (N-methyl/N-ethyl adjacent to an activating group) is 1. The van der Waals surface area contributed by atoms with Crippen molar-refractivity contribution in [1.29, 1.82) is 0 Å². The van der Waals surface area contributed by atoms with E-state index < -0.39 is 89.5 Å². The lowest BCUT2D eigenvalue weighted by molar-refractivity contribution is -0.297. The van der Waals surface area contributed by atoms with Crippen LogP contribution < -0.4 is 0 Å². The van der Waals surface area contributed by atoms with Gasteiger partial charge in [-0.25, -0.2) is 4.79 Å². The number of cyclic esters (lactones) is 1. The summed E-state index contributed by atoms with van der Waals surface area (Å²) in [6.07, 6.45) is 0.374. The van der Waals surface area contributed by atoms with E-state index in [0.29, 0.717) is 12.1 Å². The van der Waals surface area contributed by atoms with Crippen LogP contribution in [0, 0.1) is 36.0 Å². The number of esters is 2. The highest BCUT2D eigenvalue weighted by molar-refractivity contribution is 6.00. The van der Waals surface area contributed by atoms with E-state index in [0.717, 1.165) is 0 Å². The highest BCUT2D eigenvalue weighted by Crippen LogP contribution is 2.42. The van der Waals surface area contributed by atoms with E-state index in [1.54, 1.807) is 27.7 Å². The smallest absolute Gasteiger partial charge is 0.457 e. The molecule has 0 aromatic heterocycles. The second-order valence-electron chi connectivity index (χ2n) is 14.4. The van der Waals surface area contributed by atoms with Crippen LogP contribution >= 0.6 is 0 Å². The van der Waals surface area contributed by atoms with Crippen molar-refractivity contribution in [3.05, 3.63) is 0 Å². The van der Waals surface area contributed by atoms with Crippen molar-refractivity contribution in [1.82, 2.24) is 4.90 Å². The molecule has 3 aliphatic rings. The molecule has 0 unspecified atom stereocenters. The third kappa shape index (κ3) is 8.78. The van der Waals surface area contributed by atoms with Gasteiger partial charge in [0.1, 0.15) is 12.0 Å². The number of rotatable bonds is 8. The van der Waals surface area contributed by atoms with Gasteiger partial charge in [-0.05, 0) is 61.1 Å². The predicted molar refractivity (Wildman–Crippen MR) is 181 cm³/mol. The molecular weight excluding hydrogens is 652 g/mol. The van der Waals surface area contributed by atoms with Crippen LogP contribution in [0.15, 0.2) is 5.16 Å². The maximum Gasteiger partial charge on any atom is 0.509 e. The number of methoxy groups -OCH3 is 1. The molecule has 14 heteroatoms. The fraction of sp³-hybridized carbons (Fsp3) is 0.806. The highest BCUT2D eigenvalue weighted by Gasteiger charge is 2.59. The van der Waals surface area contributed by atoms with Crippen LogP contribution in [0.4, 0.5) is 4.79 Å². The van der Waals surface area contributed by atoms with Gasteiger partial charge in [-0.15, -0.1) is 6.42 Å². The molecule has 14 nitrogen and oxygen atoms in total. The van der Waals surface area contributed by atoms with Crippen molar-refractivity contribution in [2.75, 3.05) is 27.8 Å². The summed E-state index contributed by atoms with van der Waals surface area (Å²) in [5.41, 5.74) is -2.20. The minimum absolute atomic E-state index is 0.116. The third-order valence-corrected chi connectivity index (χ3v) is 10.4. The molecule has 0 spiro atoms. The zero-order chi connectivity index (χ0) is 37.7. The number of Topliss-reactive ketones (excluding diaryl/α,β-unsaturated/α-hetero) is 1. The topological polar surface area (TPSA) is 158 Å². The predicted octanol–water partition coefficient (Wildman–Crippen LogP) is 3.91. The molecule has 0 saturated carbocycles. The van der Waals surface area contributed by atoms with E-state index in [-0.39, 0.29) is 31.6 Å². The Morgan fingerprint density at radius 1 is 1.08 bits per heavy atom. The number of terminal acetylenes is 1. The summed E-state index contributed by atoms with van der Waals surface area (Å²) >= 11 is 0. The number of hydrogen-bond acceptors (Lipinski definition) is 14. The van der Waals surface area contributed by atoms with Crippen LogP contribution in [0.3, 0.4) is 0 Å². The van der Waals surface area contributed by atoms with Crippen LogP contribution in [-0.4, -0.2) is 116 Å². The summed E-state index contributed by atoms with van der Waals surface area (Å²) in [6, 6.07) is -0.261. The Morgan fingerprint density at radius 2 is 1.74 bits per heavy atom. The number of fused-ring (bicyclic) bond motifs is 1. The molecule has 13 atom stereocenters. The number of oxime groups is 1. The van der Waals surface area contributed by atoms with Gasteiger partial charge >= 0.3 is 18.1 Å². The normalized spacial score (nSPS) is 40.9. The Balaban J connectivity index is 2.21. The molecule has 50 heavy (non-hydrogen) atoms. The van der Waals surface area contributed by atoms with Crippen LogP contribution in [0.2, 0.25) is 0 Å². The molecule has 0 N–H and O–H groups in total. The van der Waals surface area contributed by atoms with E-state index in [2.05, 4.69) is 11.1 Å². The molecule has 3 saturated heterocycles. The van der Waals surface area contributed by atoms with Gasteiger partial charge in [-0.2, -0.15) is 0 Å². The van der Waals surface area contributed by atoms with Crippen LogP contribution in [0.5, 0.6) is 0 Å². The summed E-state index contributed by atoms with van der Waals surface area (Å²) in [5, 5.41) is 4.43. The summed E-state index contributed by atoms with van der Waals surface area (Å²) in [4.78, 5) is 60.4.